The van der Waals surface area contributed by atoms with E-state index in [1.165, 1.54) is 0 Å². The van der Waals surface area contributed by atoms with E-state index < -0.39 is 6.04 Å². The maximum Gasteiger partial charge on any atom is 0.242 e. The Morgan fingerprint density at radius 2 is 2.50 bits per heavy atom. The fourth-order valence-corrected chi connectivity index (χ4v) is 1.64. The molecular formula is C10H18N2O2. The van der Waals surface area contributed by atoms with Crippen molar-refractivity contribution in [3.05, 3.63) is 12.7 Å². The number of nitrogens with one attached hydrogen (secondary N) is 1. The summed E-state index contributed by atoms with van der Waals surface area (Å²) in [6.45, 7) is 7.61. The van der Waals surface area contributed by atoms with Crippen molar-refractivity contribution in [1.82, 2.24) is 10.2 Å². The Labute approximate surface area is 84.6 Å². The van der Waals surface area contributed by atoms with Gasteiger partial charge >= 0.3 is 0 Å². The largest absolute Gasteiger partial charge is 0.394 e. The van der Waals surface area contributed by atoms with Crippen LogP contribution >= 0.6 is 0 Å². The molecule has 2 unspecified atom stereocenters. The van der Waals surface area contributed by atoms with Crippen molar-refractivity contribution in [3.8, 4) is 0 Å². The van der Waals surface area contributed by atoms with Crippen LogP contribution in [-0.4, -0.2) is 48.2 Å². The Morgan fingerprint density at radius 3 is 3.07 bits per heavy atom. The Balaban J connectivity index is 2.69. The van der Waals surface area contributed by atoms with E-state index in [-0.39, 0.29) is 12.5 Å². The molecule has 0 radical (unpaired) electrons. The van der Waals surface area contributed by atoms with E-state index in [4.69, 9.17) is 5.11 Å². The molecule has 1 fully saturated rings. The van der Waals surface area contributed by atoms with Crippen LogP contribution in [0.2, 0.25) is 0 Å². The van der Waals surface area contributed by atoms with Crippen LogP contribution in [-0.2, 0) is 4.79 Å². The molecule has 4 nitrogen and oxygen atoms in total. The highest BCUT2D eigenvalue weighted by Crippen LogP contribution is 2.07. The monoisotopic (exact) mass is 198 g/mol. The van der Waals surface area contributed by atoms with Gasteiger partial charge in [0.2, 0.25) is 5.91 Å². The van der Waals surface area contributed by atoms with Crippen LogP contribution in [0.15, 0.2) is 12.7 Å². The number of carbonyl (C=O) groups excluding carboxylic acids is 1. The van der Waals surface area contributed by atoms with E-state index >= 15 is 0 Å². The molecule has 0 aliphatic carbocycles. The van der Waals surface area contributed by atoms with Crippen LogP contribution in [0.4, 0.5) is 0 Å². The number of nitrogens with zero attached hydrogens (tertiary/aromatic N) is 1. The summed E-state index contributed by atoms with van der Waals surface area (Å²) in [6, 6.07) is -0.445. The van der Waals surface area contributed by atoms with Gasteiger partial charge in [-0.2, -0.15) is 0 Å². The lowest BCUT2D eigenvalue weighted by Crippen LogP contribution is -2.45. The maximum atomic E-state index is 11.8. The van der Waals surface area contributed by atoms with Crippen LogP contribution < -0.4 is 5.32 Å². The molecule has 1 saturated heterocycles. The predicted octanol–water partition coefficient (Wildman–Crippen LogP) is -0.399. The van der Waals surface area contributed by atoms with Crippen molar-refractivity contribution in [2.24, 2.45) is 5.92 Å². The molecular weight excluding hydrogens is 180 g/mol. The van der Waals surface area contributed by atoms with E-state index in [1.807, 2.05) is 0 Å². The molecule has 0 bridgehead atoms. The van der Waals surface area contributed by atoms with Crippen molar-refractivity contribution in [2.45, 2.75) is 13.0 Å². The minimum atomic E-state index is -0.445. The van der Waals surface area contributed by atoms with Crippen LogP contribution in [0.3, 0.4) is 0 Å². The number of amides is 1. The molecule has 0 aromatic rings. The molecule has 1 rings (SSSR count). The molecule has 2 atom stereocenters. The van der Waals surface area contributed by atoms with Crippen molar-refractivity contribution in [2.75, 3.05) is 26.2 Å². The summed E-state index contributed by atoms with van der Waals surface area (Å²) in [5, 5.41) is 12.1. The number of hydrogen-bond acceptors (Lipinski definition) is 3. The first-order chi connectivity index (χ1) is 6.69. The molecule has 1 amide bonds. The van der Waals surface area contributed by atoms with E-state index in [0.717, 1.165) is 13.1 Å². The highest BCUT2D eigenvalue weighted by Gasteiger charge is 2.27. The number of hydrogen-bond donors (Lipinski definition) is 2. The Morgan fingerprint density at radius 1 is 1.79 bits per heavy atom. The molecule has 1 heterocycles. The van der Waals surface area contributed by atoms with Crippen molar-refractivity contribution in [1.29, 1.82) is 0 Å². The Hall–Kier alpha value is -0.870. The zero-order valence-electron chi connectivity index (χ0n) is 8.57. The van der Waals surface area contributed by atoms with Gasteiger partial charge in [0.25, 0.3) is 0 Å². The first kappa shape index (κ1) is 11.2. The van der Waals surface area contributed by atoms with Crippen LogP contribution in [0.5, 0.6) is 0 Å². The predicted molar refractivity (Wildman–Crippen MR) is 54.8 cm³/mol. The fraction of sp³-hybridized carbons (Fsp3) is 0.700. The topological polar surface area (TPSA) is 52.6 Å². The van der Waals surface area contributed by atoms with Gasteiger partial charge in [0, 0.05) is 19.6 Å². The fourth-order valence-electron chi connectivity index (χ4n) is 1.64. The molecule has 2 N–H and O–H groups in total. The van der Waals surface area contributed by atoms with Gasteiger partial charge in [0.15, 0.2) is 0 Å². The molecule has 1 aliphatic rings. The van der Waals surface area contributed by atoms with Crippen LogP contribution in [0, 0.1) is 5.92 Å². The molecule has 14 heavy (non-hydrogen) atoms. The van der Waals surface area contributed by atoms with Crippen molar-refractivity contribution >= 4 is 5.91 Å². The summed E-state index contributed by atoms with van der Waals surface area (Å²) >= 11 is 0. The average molecular weight is 198 g/mol. The average Bonchev–Trinajstić information content (AvgIpc) is 2.29. The summed E-state index contributed by atoms with van der Waals surface area (Å²) in [5.74, 6) is 0.382. The lowest BCUT2D eigenvalue weighted by atomic mass is 10.2. The van der Waals surface area contributed by atoms with Crippen LogP contribution in [0.25, 0.3) is 0 Å². The molecule has 0 aromatic carbocycles. The van der Waals surface area contributed by atoms with Gasteiger partial charge in [-0.1, -0.05) is 13.0 Å². The minimum Gasteiger partial charge on any atom is -0.394 e. The normalized spacial score (nSPS) is 28.7. The summed E-state index contributed by atoms with van der Waals surface area (Å²) < 4.78 is 0. The lowest BCUT2D eigenvalue weighted by molar-refractivity contribution is -0.133. The highest BCUT2D eigenvalue weighted by molar-refractivity contribution is 5.82. The zero-order chi connectivity index (χ0) is 10.6. The second kappa shape index (κ2) is 5.12. The minimum absolute atomic E-state index is 0.0308. The number of aliphatic hydroxyl groups is 1. The van der Waals surface area contributed by atoms with E-state index in [2.05, 4.69) is 18.8 Å². The van der Waals surface area contributed by atoms with Gasteiger partial charge in [-0.25, -0.2) is 0 Å². The van der Waals surface area contributed by atoms with Crippen molar-refractivity contribution < 1.29 is 9.90 Å². The third-order valence-electron chi connectivity index (χ3n) is 2.39. The summed E-state index contributed by atoms with van der Waals surface area (Å²) in [4.78, 5) is 13.5. The molecule has 80 valence electrons. The smallest absolute Gasteiger partial charge is 0.242 e. The first-order valence-electron chi connectivity index (χ1n) is 4.93. The highest BCUT2D eigenvalue weighted by atomic mass is 16.3. The van der Waals surface area contributed by atoms with Crippen molar-refractivity contribution in [3.63, 3.8) is 0 Å². The number of aliphatic hydroxyl groups excluding tert-OH is 1. The third kappa shape index (κ3) is 2.56. The Kier molecular flexibility index (Phi) is 4.10. The first-order valence-corrected chi connectivity index (χ1v) is 4.93. The summed E-state index contributed by atoms with van der Waals surface area (Å²) in [5.41, 5.74) is 0. The quantitative estimate of drug-likeness (QED) is 0.607. The number of carbonyl (C=O) groups is 1. The summed E-state index contributed by atoms with van der Waals surface area (Å²) in [7, 11) is 0. The second-order valence-electron chi connectivity index (χ2n) is 3.78. The molecule has 0 saturated carbocycles. The van der Waals surface area contributed by atoms with Gasteiger partial charge in [0.1, 0.15) is 6.04 Å². The lowest BCUT2D eigenvalue weighted by Gasteiger charge is -2.22. The summed E-state index contributed by atoms with van der Waals surface area (Å²) in [6.07, 6.45) is 1.71. The van der Waals surface area contributed by atoms with Gasteiger partial charge in [0.05, 0.1) is 6.61 Å². The van der Waals surface area contributed by atoms with Gasteiger partial charge in [-0.05, 0) is 5.92 Å². The van der Waals surface area contributed by atoms with Gasteiger partial charge in [-0.3, -0.25) is 4.79 Å². The van der Waals surface area contributed by atoms with Crippen LogP contribution in [0.1, 0.15) is 6.92 Å². The molecule has 4 heteroatoms. The third-order valence-corrected chi connectivity index (χ3v) is 2.39. The SMILES string of the molecule is C=CCN1CC(C)CNC(CO)C1=O. The van der Waals surface area contributed by atoms with Gasteiger partial charge in [-0.15, -0.1) is 6.58 Å². The Bertz CT molecular complexity index is 218. The van der Waals surface area contributed by atoms with E-state index in [1.54, 1.807) is 11.0 Å². The maximum absolute atomic E-state index is 11.8. The van der Waals surface area contributed by atoms with E-state index in [9.17, 15) is 4.79 Å². The second-order valence-corrected chi connectivity index (χ2v) is 3.78. The molecule has 0 aromatic heterocycles. The number of rotatable bonds is 3. The van der Waals surface area contributed by atoms with Gasteiger partial charge < -0.3 is 15.3 Å². The molecule has 1 aliphatic heterocycles. The van der Waals surface area contributed by atoms with E-state index in [0.29, 0.717) is 12.5 Å². The zero-order valence-corrected chi connectivity index (χ0v) is 8.57. The molecule has 0 spiro atoms. The standard InChI is InChI=1S/C10H18N2O2/c1-3-4-12-6-8(2)5-11-9(7-13)10(12)14/h3,8-9,11,13H,1,4-7H2,2H3.